The quantitative estimate of drug-likeness (QED) is 0.387. The molecule has 0 saturated carbocycles. The number of rotatable bonds is 3. The molecule has 0 radical (unpaired) electrons. The van der Waals surface area contributed by atoms with E-state index >= 15 is 0 Å². The molecule has 4 rings (SSSR count). The van der Waals surface area contributed by atoms with Crippen molar-refractivity contribution in [1.29, 1.82) is 0 Å². The highest BCUT2D eigenvalue weighted by molar-refractivity contribution is 6.23. The third-order valence-electron chi connectivity index (χ3n) is 4.53. The summed E-state index contributed by atoms with van der Waals surface area (Å²) in [4.78, 5) is 0. The summed E-state index contributed by atoms with van der Waals surface area (Å²) in [5, 5.41) is 7.83. The molecule has 0 saturated heterocycles. The van der Waals surface area contributed by atoms with Crippen LogP contribution in [0.25, 0.3) is 32.3 Å². The molecule has 0 spiro atoms. The maximum absolute atomic E-state index is 6.43. The van der Waals surface area contributed by atoms with E-state index < -0.39 is 0 Å². The van der Waals surface area contributed by atoms with Crippen LogP contribution in [0.4, 0.5) is 0 Å². The molecule has 0 unspecified atom stereocenters. The van der Waals surface area contributed by atoms with Crippen LogP contribution in [0.15, 0.2) is 66.7 Å². The molecule has 4 aromatic carbocycles. The fraction of sp³-hybridized carbons (Fsp3) is 0.143. The first-order valence-electron chi connectivity index (χ1n) is 7.71. The third-order valence-corrected chi connectivity index (χ3v) is 4.53. The molecule has 2 N–H and O–H groups in total. The molecule has 0 aromatic heterocycles. The molecule has 4 aromatic rings. The summed E-state index contributed by atoms with van der Waals surface area (Å²) in [6.45, 7) is 6.04. The first kappa shape index (κ1) is 13.3. The molecule has 0 bridgehead atoms. The van der Waals surface area contributed by atoms with Gasteiger partial charge in [0.15, 0.2) is 0 Å². The van der Waals surface area contributed by atoms with Crippen molar-refractivity contribution >= 4 is 32.3 Å². The van der Waals surface area contributed by atoms with Gasteiger partial charge in [0.1, 0.15) is 0 Å². The van der Waals surface area contributed by atoms with Crippen molar-refractivity contribution in [2.75, 3.05) is 0 Å². The van der Waals surface area contributed by atoms with Crippen LogP contribution in [0, 0.1) is 0 Å². The molecule has 0 amide bonds. The van der Waals surface area contributed by atoms with Crippen molar-refractivity contribution in [3.05, 3.63) is 72.3 Å². The van der Waals surface area contributed by atoms with E-state index in [1.165, 1.54) is 37.9 Å². The number of hydrogen-bond acceptors (Lipinski definition) is 1. The molecule has 0 fully saturated rings. The van der Waals surface area contributed by atoms with Gasteiger partial charge in [0.25, 0.3) is 0 Å². The molecule has 0 heterocycles. The first-order valence-corrected chi connectivity index (χ1v) is 7.71. The van der Waals surface area contributed by atoms with Gasteiger partial charge in [0.05, 0.1) is 0 Å². The zero-order valence-corrected chi connectivity index (χ0v) is 12.8. The van der Waals surface area contributed by atoms with Gasteiger partial charge in [0.2, 0.25) is 0 Å². The van der Waals surface area contributed by atoms with Crippen LogP contribution in [0.1, 0.15) is 24.9 Å². The molecule has 1 heteroatoms. The predicted octanol–water partition coefficient (Wildman–Crippen LogP) is 5.55. The minimum Gasteiger partial charge on any atom is -0.324 e. The zero-order chi connectivity index (χ0) is 15.3. The lowest BCUT2D eigenvalue weighted by Crippen LogP contribution is -2.11. The maximum Gasteiger partial charge on any atom is 0.0338 e. The van der Waals surface area contributed by atoms with Gasteiger partial charge in [-0.25, -0.2) is 0 Å². The Morgan fingerprint density at radius 2 is 1.50 bits per heavy atom. The van der Waals surface area contributed by atoms with Crippen LogP contribution in [0.3, 0.4) is 0 Å². The fourth-order valence-corrected chi connectivity index (χ4v) is 3.57. The monoisotopic (exact) mass is 285 g/mol. The SMILES string of the molecule is C=C(C)C[C@@H](N)c1ccc2ccc3cccc4ccc1c2c34. The molecular weight excluding hydrogens is 266 g/mol. The van der Waals surface area contributed by atoms with E-state index in [2.05, 4.69) is 61.2 Å². The molecular formula is C21H19N. The van der Waals surface area contributed by atoms with E-state index in [-0.39, 0.29) is 6.04 Å². The van der Waals surface area contributed by atoms with Crippen LogP contribution in [-0.2, 0) is 0 Å². The number of benzene rings is 4. The van der Waals surface area contributed by atoms with E-state index in [4.69, 9.17) is 5.73 Å². The molecule has 22 heavy (non-hydrogen) atoms. The van der Waals surface area contributed by atoms with Crippen LogP contribution in [-0.4, -0.2) is 0 Å². The van der Waals surface area contributed by atoms with E-state index in [0.717, 1.165) is 12.0 Å². The molecule has 1 nitrogen and oxygen atoms in total. The van der Waals surface area contributed by atoms with E-state index in [0.29, 0.717) is 0 Å². The van der Waals surface area contributed by atoms with Crippen LogP contribution >= 0.6 is 0 Å². The highest BCUT2D eigenvalue weighted by atomic mass is 14.6. The highest BCUT2D eigenvalue weighted by Crippen LogP contribution is 2.37. The summed E-state index contributed by atoms with van der Waals surface area (Å²) in [6, 6.07) is 19.7. The Labute approximate surface area is 130 Å². The lowest BCUT2D eigenvalue weighted by molar-refractivity contribution is 0.723. The van der Waals surface area contributed by atoms with Gasteiger partial charge in [-0.15, -0.1) is 6.58 Å². The second-order valence-corrected chi connectivity index (χ2v) is 6.28. The normalized spacial score (nSPS) is 13.2. The van der Waals surface area contributed by atoms with Crippen molar-refractivity contribution < 1.29 is 0 Å². The smallest absolute Gasteiger partial charge is 0.0338 e. The van der Waals surface area contributed by atoms with Crippen molar-refractivity contribution in [3.8, 4) is 0 Å². The summed E-state index contributed by atoms with van der Waals surface area (Å²) in [5.74, 6) is 0. The number of nitrogens with two attached hydrogens (primary N) is 1. The lowest BCUT2D eigenvalue weighted by Gasteiger charge is -2.18. The molecule has 0 aliphatic heterocycles. The van der Waals surface area contributed by atoms with E-state index in [1.54, 1.807) is 0 Å². The van der Waals surface area contributed by atoms with Crippen molar-refractivity contribution in [3.63, 3.8) is 0 Å². The Morgan fingerprint density at radius 3 is 2.18 bits per heavy atom. The summed E-state index contributed by atoms with van der Waals surface area (Å²) < 4.78 is 0. The molecule has 1 atom stereocenters. The number of hydrogen-bond donors (Lipinski definition) is 1. The van der Waals surface area contributed by atoms with Gasteiger partial charge in [-0.3, -0.25) is 0 Å². The largest absolute Gasteiger partial charge is 0.324 e. The van der Waals surface area contributed by atoms with Gasteiger partial charge in [0, 0.05) is 6.04 Å². The summed E-state index contributed by atoms with van der Waals surface area (Å²) in [7, 11) is 0. The topological polar surface area (TPSA) is 26.0 Å². The van der Waals surface area contributed by atoms with Gasteiger partial charge < -0.3 is 5.73 Å². The van der Waals surface area contributed by atoms with Crippen molar-refractivity contribution in [2.24, 2.45) is 5.73 Å². The average Bonchev–Trinajstić information content (AvgIpc) is 2.51. The summed E-state index contributed by atoms with van der Waals surface area (Å²) in [6.07, 6.45) is 0.823. The average molecular weight is 285 g/mol. The van der Waals surface area contributed by atoms with Crippen molar-refractivity contribution in [1.82, 2.24) is 0 Å². The van der Waals surface area contributed by atoms with Gasteiger partial charge >= 0.3 is 0 Å². The maximum atomic E-state index is 6.43. The Morgan fingerprint density at radius 1 is 0.909 bits per heavy atom. The first-order chi connectivity index (χ1) is 10.6. The Hall–Kier alpha value is -2.38. The molecule has 108 valence electrons. The summed E-state index contributed by atoms with van der Waals surface area (Å²) in [5.41, 5.74) is 8.77. The van der Waals surface area contributed by atoms with Gasteiger partial charge in [-0.05, 0) is 51.2 Å². The minimum atomic E-state index is 0.00192. The van der Waals surface area contributed by atoms with Crippen molar-refractivity contribution in [2.45, 2.75) is 19.4 Å². The van der Waals surface area contributed by atoms with Crippen LogP contribution in [0.2, 0.25) is 0 Å². The second-order valence-electron chi connectivity index (χ2n) is 6.28. The molecule has 0 aliphatic rings. The van der Waals surface area contributed by atoms with Crippen LogP contribution in [0.5, 0.6) is 0 Å². The van der Waals surface area contributed by atoms with Gasteiger partial charge in [-0.2, -0.15) is 0 Å². The van der Waals surface area contributed by atoms with Gasteiger partial charge in [-0.1, -0.05) is 60.2 Å². The summed E-state index contributed by atoms with van der Waals surface area (Å²) >= 11 is 0. The standard InChI is InChI=1S/C21H19N/c1-13(2)12-19(22)17-10-8-16-7-6-14-4-3-5-15-9-11-18(17)21(16)20(14)15/h3-11,19H,1,12,22H2,2H3/t19-/m1/s1. The Bertz CT molecular complexity index is 981. The minimum absolute atomic E-state index is 0.00192. The lowest BCUT2D eigenvalue weighted by atomic mass is 9.89. The van der Waals surface area contributed by atoms with E-state index in [9.17, 15) is 0 Å². The second kappa shape index (κ2) is 4.82. The highest BCUT2D eigenvalue weighted by Gasteiger charge is 2.14. The Kier molecular flexibility index (Phi) is 2.91. The zero-order valence-electron chi connectivity index (χ0n) is 12.8. The Balaban J connectivity index is 2.10. The van der Waals surface area contributed by atoms with E-state index in [1.807, 2.05) is 6.92 Å². The predicted molar refractivity (Wildman–Crippen MR) is 96.5 cm³/mol. The van der Waals surface area contributed by atoms with Crippen LogP contribution < -0.4 is 5.73 Å². The third kappa shape index (κ3) is 1.90. The molecule has 0 aliphatic carbocycles. The fourth-order valence-electron chi connectivity index (χ4n) is 3.57.